The number of para-hydroxylation sites is 2. The van der Waals surface area contributed by atoms with Gasteiger partial charge in [0.1, 0.15) is 5.69 Å². The second-order valence-electron chi connectivity index (χ2n) is 5.76. The van der Waals surface area contributed by atoms with Gasteiger partial charge in [0, 0.05) is 19.1 Å². The number of rotatable bonds is 2. The predicted molar refractivity (Wildman–Crippen MR) is 81.8 cm³/mol. The monoisotopic (exact) mass is 284 g/mol. The molecule has 2 atom stereocenters. The van der Waals surface area contributed by atoms with E-state index in [-0.39, 0.29) is 11.9 Å². The Hall–Kier alpha value is -2.01. The van der Waals surface area contributed by atoms with Crippen LogP contribution in [0.15, 0.2) is 30.5 Å². The van der Waals surface area contributed by atoms with Gasteiger partial charge in [-0.15, -0.1) is 0 Å². The number of carbonyl (C=O) groups excluding carboxylic acids is 1. The van der Waals surface area contributed by atoms with Gasteiger partial charge in [-0.05, 0) is 37.8 Å². The highest BCUT2D eigenvalue weighted by atomic mass is 16.2. The number of fused-ring (bicyclic) bond motifs is 1. The molecule has 0 bridgehead atoms. The maximum Gasteiger partial charge on any atom is 0.274 e. The Bertz CT molecular complexity index is 656. The number of carbonyl (C=O) groups is 1. The molecule has 5 nitrogen and oxygen atoms in total. The lowest BCUT2D eigenvalue weighted by molar-refractivity contribution is 0.0655. The highest BCUT2D eigenvalue weighted by Gasteiger charge is 2.27. The van der Waals surface area contributed by atoms with E-state index >= 15 is 0 Å². The summed E-state index contributed by atoms with van der Waals surface area (Å²) >= 11 is 0. The summed E-state index contributed by atoms with van der Waals surface area (Å²) in [5, 5.41) is 0. The quantitative estimate of drug-likeness (QED) is 0.913. The number of piperidine rings is 1. The van der Waals surface area contributed by atoms with Gasteiger partial charge < -0.3 is 10.6 Å². The molecule has 2 heterocycles. The van der Waals surface area contributed by atoms with Gasteiger partial charge in [0.2, 0.25) is 0 Å². The van der Waals surface area contributed by atoms with Crippen molar-refractivity contribution >= 4 is 16.9 Å². The number of nitrogens with two attached hydrogens (primary N) is 1. The molecule has 1 saturated heterocycles. The van der Waals surface area contributed by atoms with E-state index in [1.165, 1.54) is 0 Å². The lowest BCUT2D eigenvalue weighted by Gasteiger charge is -2.34. The number of aromatic nitrogens is 2. The molecule has 0 saturated carbocycles. The van der Waals surface area contributed by atoms with E-state index in [0.717, 1.165) is 30.4 Å². The largest absolute Gasteiger partial charge is 0.337 e. The number of likely N-dealkylation sites (tertiary alicyclic amines) is 1. The molecule has 110 valence electrons. The maximum absolute atomic E-state index is 12.6. The average molecular weight is 284 g/mol. The van der Waals surface area contributed by atoms with Gasteiger partial charge in [-0.25, -0.2) is 4.98 Å². The summed E-state index contributed by atoms with van der Waals surface area (Å²) in [5.41, 5.74) is 7.95. The highest BCUT2D eigenvalue weighted by Crippen LogP contribution is 2.20. The van der Waals surface area contributed by atoms with Crippen LogP contribution in [0, 0.1) is 5.92 Å². The Morgan fingerprint density at radius 2 is 2.14 bits per heavy atom. The smallest absolute Gasteiger partial charge is 0.274 e. The molecule has 2 N–H and O–H groups in total. The van der Waals surface area contributed by atoms with Crippen molar-refractivity contribution in [3.63, 3.8) is 0 Å². The Morgan fingerprint density at radius 1 is 1.38 bits per heavy atom. The van der Waals surface area contributed by atoms with Crippen LogP contribution in [-0.4, -0.2) is 39.9 Å². The van der Waals surface area contributed by atoms with Gasteiger partial charge in [0.05, 0.1) is 17.2 Å². The number of nitrogens with zero attached hydrogens (tertiary/aromatic N) is 3. The van der Waals surface area contributed by atoms with Crippen molar-refractivity contribution in [3.05, 3.63) is 36.2 Å². The minimum atomic E-state index is -0.0430. The summed E-state index contributed by atoms with van der Waals surface area (Å²) in [6, 6.07) is 7.70. The van der Waals surface area contributed by atoms with E-state index in [1.807, 2.05) is 36.1 Å². The van der Waals surface area contributed by atoms with Gasteiger partial charge in [0.15, 0.2) is 0 Å². The Labute approximate surface area is 124 Å². The molecule has 21 heavy (non-hydrogen) atoms. The van der Waals surface area contributed by atoms with E-state index in [4.69, 9.17) is 5.73 Å². The fourth-order valence-electron chi connectivity index (χ4n) is 2.85. The molecule has 1 fully saturated rings. The molecule has 1 aliphatic heterocycles. The molecular formula is C16H20N4O. The summed E-state index contributed by atoms with van der Waals surface area (Å²) in [6.07, 6.45) is 3.66. The fraction of sp³-hybridized carbons (Fsp3) is 0.438. The SMILES string of the molecule is CC(N)C1CCCN(C(=O)c2cnc3ccccc3n2)C1. The first-order valence-corrected chi connectivity index (χ1v) is 7.42. The van der Waals surface area contributed by atoms with Crippen molar-refractivity contribution in [1.29, 1.82) is 0 Å². The van der Waals surface area contributed by atoms with Crippen LogP contribution in [0.2, 0.25) is 0 Å². The lowest BCUT2D eigenvalue weighted by atomic mass is 9.92. The van der Waals surface area contributed by atoms with Gasteiger partial charge in [-0.3, -0.25) is 9.78 Å². The molecule has 0 spiro atoms. The minimum absolute atomic E-state index is 0.0430. The van der Waals surface area contributed by atoms with Gasteiger partial charge >= 0.3 is 0 Å². The van der Waals surface area contributed by atoms with Crippen LogP contribution in [0.3, 0.4) is 0 Å². The topological polar surface area (TPSA) is 72.1 Å². The third-order valence-corrected chi connectivity index (χ3v) is 4.16. The van der Waals surface area contributed by atoms with Gasteiger partial charge in [0.25, 0.3) is 5.91 Å². The fourth-order valence-corrected chi connectivity index (χ4v) is 2.85. The van der Waals surface area contributed by atoms with Crippen LogP contribution in [0.25, 0.3) is 11.0 Å². The van der Waals surface area contributed by atoms with Crippen molar-refractivity contribution < 1.29 is 4.79 Å². The van der Waals surface area contributed by atoms with E-state index in [1.54, 1.807) is 6.20 Å². The molecular weight excluding hydrogens is 264 g/mol. The Kier molecular flexibility index (Phi) is 3.84. The standard InChI is InChI=1S/C16H20N4O/c1-11(17)12-5-4-8-20(10-12)16(21)15-9-18-13-6-2-3-7-14(13)19-15/h2-3,6-7,9,11-12H,4-5,8,10,17H2,1H3. The first-order valence-electron chi connectivity index (χ1n) is 7.42. The number of benzene rings is 1. The molecule has 1 aromatic carbocycles. The summed E-state index contributed by atoms with van der Waals surface area (Å²) in [5.74, 6) is 0.328. The third kappa shape index (κ3) is 2.88. The Morgan fingerprint density at radius 3 is 2.90 bits per heavy atom. The predicted octanol–water partition coefficient (Wildman–Crippen LogP) is 1.83. The van der Waals surface area contributed by atoms with E-state index in [0.29, 0.717) is 18.2 Å². The van der Waals surface area contributed by atoms with Crippen LogP contribution in [0.1, 0.15) is 30.3 Å². The van der Waals surface area contributed by atoms with Gasteiger partial charge in [-0.2, -0.15) is 0 Å². The Balaban J connectivity index is 1.82. The highest BCUT2D eigenvalue weighted by molar-refractivity contribution is 5.93. The van der Waals surface area contributed by atoms with Crippen molar-refractivity contribution in [2.24, 2.45) is 11.7 Å². The van der Waals surface area contributed by atoms with Crippen molar-refractivity contribution in [2.75, 3.05) is 13.1 Å². The maximum atomic E-state index is 12.6. The van der Waals surface area contributed by atoms with Crippen molar-refractivity contribution in [2.45, 2.75) is 25.8 Å². The summed E-state index contributed by atoms with van der Waals surface area (Å²) in [6.45, 7) is 3.50. The average Bonchev–Trinajstić information content (AvgIpc) is 2.53. The summed E-state index contributed by atoms with van der Waals surface area (Å²) < 4.78 is 0. The number of amides is 1. The zero-order valence-corrected chi connectivity index (χ0v) is 12.2. The van der Waals surface area contributed by atoms with E-state index in [9.17, 15) is 4.79 Å². The van der Waals surface area contributed by atoms with Crippen molar-refractivity contribution in [3.8, 4) is 0 Å². The second kappa shape index (κ2) is 5.77. The molecule has 0 aliphatic carbocycles. The summed E-state index contributed by atoms with van der Waals surface area (Å²) in [7, 11) is 0. The molecule has 3 rings (SSSR count). The van der Waals surface area contributed by atoms with Crippen LogP contribution in [0.5, 0.6) is 0 Å². The summed E-state index contributed by atoms with van der Waals surface area (Å²) in [4.78, 5) is 23.2. The zero-order valence-electron chi connectivity index (χ0n) is 12.2. The third-order valence-electron chi connectivity index (χ3n) is 4.16. The molecule has 1 aliphatic rings. The normalized spacial score (nSPS) is 20.5. The molecule has 1 aromatic heterocycles. The number of hydrogen-bond acceptors (Lipinski definition) is 4. The van der Waals surface area contributed by atoms with Crippen LogP contribution in [-0.2, 0) is 0 Å². The first-order chi connectivity index (χ1) is 10.1. The number of hydrogen-bond donors (Lipinski definition) is 1. The van der Waals surface area contributed by atoms with E-state index in [2.05, 4.69) is 9.97 Å². The lowest BCUT2D eigenvalue weighted by Crippen LogP contribution is -2.45. The van der Waals surface area contributed by atoms with Crippen molar-refractivity contribution in [1.82, 2.24) is 14.9 Å². The molecule has 0 radical (unpaired) electrons. The molecule has 2 unspecified atom stereocenters. The second-order valence-corrected chi connectivity index (χ2v) is 5.76. The first kappa shape index (κ1) is 13.9. The van der Waals surface area contributed by atoms with Crippen LogP contribution >= 0.6 is 0 Å². The molecule has 1 amide bonds. The van der Waals surface area contributed by atoms with E-state index < -0.39 is 0 Å². The van der Waals surface area contributed by atoms with Gasteiger partial charge in [-0.1, -0.05) is 12.1 Å². The van der Waals surface area contributed by atoms with Crippen LogP contribution in [0.4, 0.5) is 0 Å². The minimum Gasteiger partial charge on any atom is -0.337 e. The zero-order chi connectivity index (χ0) is 14.8. The molecule has 5 heteroatoms. The van der Waals surface area contributed by atoms with Crippen LogP contribution < -0.4 is 5.73 Å². The molecule has 2 aromatic rings.